The largest absolute Gasteiger partial charge is 0.366 e. The number of benzene rings is 2. The molecule has 0 radical (unpaired) electrons. The summed E-state index contributed by atoms with van der Waals surface area (Å²) in [5, 5.41) is 11.6. The zero-order valence-corrected chi connectivity index (χ0v) is 17.8. The Labute approximate surface area is 181 Å². The van der Waals surface area contributed by atoms with E-state index in [1.54, 1.807) is 17.0 Å². The van der Waals surface area contributed by atoms with Gasteiger partial charge in [0.2, 0.25) is 0 Å². The maximum atomic E-state index is 13.0. The molecule has 31 heavy (non-hydrogen) atoms. The number of nitrogens with zero attached hydrogens (tertiary/aromatic N) is 3. The molecule has 2 aromatic rings. The van der Waals surface area contributed by atoms with Crippen molar-refractivity contribution in [2.24, 2.45) is 5.92 Å². The zero-order chi connectivity index (χ0) is 22.0. The summed E-state index contributed by atoms with van der Waals surface area (Å²) >= 11 is 0. The average Bonchev–Trinajstić information content (AvgIpc) is 3.33. The fourth-order valence-electron chi connectivity index (χ4n) is 4.51. The minimum absolute atomic E-state index is 0.0165. The molecule has 0 bridgehead atoms. The molecule has 2 aromatic carbocycles. The van der Waals surface area contributed by atoms with Gasteiger partial charge in [0.15, 0.2) is 5.78 Å². The summed E-state index contributed by atoms with van der Waals surface area (Å²) in [6.07, 6.45) is 3.25. The fourth-order valence-corrected chi connectivity index (χ4v) is 4.51. The molecule has 2 aliphatic heterocycles. The number of likely N-dealkylation sites (tertiary alicyclic amines) is 1. The lowest BCUT2D eigenvalue weighted by atomic mass is 9.88. The van der Waals surface area contributed by atoms with Gasteiger partial charge < -0.3 is 9.80 Å². The molecule has 4 rings (SSSR count). The van der Waals surface area contributed by atoms with E-state index in [1.807, 2.05) is 36.1 Å². The number of piperidine rings is 1. The molecule has 0 unspecified atom stereocenters. The number of hydrogen-bond acceptors (Lipinski definition) is 5. The Morgan fingerprint density at radius 2 is 1.55 bits per heavy atom. The second-order valence-electron chi connectivity index (χ2n) is 8.45. The first kappa shape index (κ1) is 21.0. The summed E-state index contributed by atoms with van der Waals surface area (Å²) < 4.78 is 0. The van der Waals surface area contributed by atoms with Gasteiger partial charge in [0.1, 0.15) is 5.69 Å². The smallest absolute Gasteiger partial charge is 0.293 e. The van der Waals surface area contributed by atoms with E-state index in [0.717, 1.165) is 31.5 Å². The third-order valence-electron chi connectivity index (χ3n) is 6.35. The lowest BCUT2D eigenvalue weighted by Crippen LogP contribution is -2.40. The molecule has 2 fully saturated rings. The summed E-state index contributed by atoms with van der Waals surface area (Å²) in [5.41, 5.74) is 2.72. The van der Waals surface area contributed by atoms with E-state index in [4.69, 9.17) is 0 Å². The summed E-state index contributed by atoms with van der Waals surface area (Å²) in [5.74, 6) is -0.186. The topological polar surface area (TPSA) is 83.8 Å². The first-order valence-electron chi connectivity index (χ1n) is 10.9. The summed E-state index contributed by atoms with van der Waals surface area (Å²) in [4.78, 5) is 40.7. The molecule has 0 aliphatic carbocycles. The molecular weight excluding hydrogens is 394 g/mol. The molecule has 1 amide bonds. The van der Waals surface area contributed by atoms with Crippen LogP contribution in [0.5, 0.6) is 0 Å². The molecule has 2 heterocycles. The van der Waals surface area contributed by atoms with Gasteiger partial charge in [-0.15, -0.1) is 0 Å². The van der Waals surface area contributed by atoms with Crippen molar-refractivity contribution >= 4 is 23.1 Å². The van der Waals surface area contributed by atoms with Gasteiger partial charge in [0, 0.05) is 49.3 Å². The predicted molar refractivity (Wildman–Crippen MR) is 119 cm³/mol. The quantitative estimate of drug-likeness (QED) is 0.410. The van der Waals surface area contributed by atoms with Crippen molar-refractivity contribution in [2.45, 2.75) is 32.6 Å². The van der Waals surface area contributed by atoms with Crippen LogP contribution in [0.3, 0.4) is 0 Å². The van der Waals surface area contributed by atoms with Crippen LogP contribution in [-0.4, -0.2) is 47.7 Å². The van der Waals surface area contributed by atoms with E-state index >= 15 is 0 Å². The minimum atomic E-state index is -0.406. The summed E-state index contributed by atoms with van der Waals surface area (Å²) in [7, 11) is 0. The van der Waals surface area contributed by atoms with Crippen molar-refractivity contribution in [3.8, 4) is 0 Å². The third-order valence-corrected chi connectivity index (χ3v) is 6.35. The first-order chi connectivity index (χ1) is 14.9. The number of nitro benzene ring substituents is 1. The lowest BCUT2D eigenvalue weighted by molar-refractivity contribution is -0.384. The van der Waals surface area contributed by atoms with Crippen LogP contribution in [0.25, 0.3) is 0 Å². The number of nitro groups is 1. The fraction of sp³-hybridized carbons (Fsp3) is 0.417. The molecule has 0 atom stereocenters. The Kier molecular flexibility index (Phi) is 6.02. The van der Waals surface area contributed by atoms with Crippen molar-refractivity contribution in [3.63, 3.8) is 0 Å². The van der Waals surface area contributed by atoms with E-state index in [-0.39, 0.29) is 23.3 Å². The van der Waals surface area contributed by atoms with Gasteiger partial charge in [-0.1, -0.05) is 29.8 Å². The number of amides is 1. The van der Waals surface area contributed by atoms with Crippen molar-refractivity contribution in [3.05, 3.63) is 69.3 Å². The molecule has 0 saturated carbocycles. The second kappa shape index (κ2) is 8.88. The normalized spacial score (nSPS) is 17.1. The van der Waals surface area contributed by atoms with Gasteiger partial charge in [0.25, 0.3) is 11.6 Å². The van der Waals surface area contributed by atoms with Crippen LogP contribution in [0, 0.1) is 23.0 Å². The molecule has 7 heteroatoms. The number of ketones is 1. The van der Waals surface area contributed by atoms with Gasteiger partial charge in [0.05, 0.1) is 4.92 Å². The predicted octanol–water partition coefficient (Wildman–Crippen LogP) is 4.24. The van der Waals surface area contributed by atoms with Crippen LogP contribution < -0.4 is 4.90 Å². The number of carbonyl (C=O) groups is 2. The molecular formula is C24H27N3O4. The Morgan fingerprint density at radius 1 is 0.935 bits per heavy atom. The molecule has 2 aliphatic rings. The molecule has 0 N–H and O–H groups in total. The highest BCUT2D eigenvalue weighted by atomic mass is 16.6. The van der Waals surface area contributed by atoms with Crippen LogP contribution in [0.4, 0.5) is 11.4 Å². The third kappa shape index (κ3) is 4.45. The van der Waals surface area contributed by atoms with Crippen LogP contribution in [0.2, 0.25) is 0 Å². The molecule has 0 spiro atoms. The van der Waals surface area contributed by atoms with Crippen LogP contribution in [0.1, 0.15) is 52.0 Å². The molecule has 0 aromatic heterocycles. The number of anilines is 1. The van der Waals surface area contributed by atoms with Crippen molar-refractivity contribution in [1.82, 2.24) is 4.90 Å². The first-order valence-corrected chi connectivity index (χ1v) is 10.9. The number of Topliss-reactive ketones (excluding diaryl/α,β-unsaturated/α-hetero) is 1. The van der Waals surface area contributed by atoms with Gasteiger partial charge in [-0.2, -0.15) is 0 Å². The van der Waals surface area contributed by atoms with Gasteiger partial charge in [-0.25, -0.2) is 0 Å². The number of carbonyl (C=O) groups excluding carboxylic acids is 2. The van der Waals surface area contributed by atoms with Crippen LogP contribution in [-0.2, 0) is 0 Å². The SMILES string of the molecule is Cc1ccc(C(=O)C2CCN(C(=O)c3ccc(N4CCCC4)c([N+](=O)[O-])c3)CC2)cc1. The molecule has 7 nitrogen and oxygen atoms in total. The number of hydrogen-bond donors (Lipinski definition) is 0. The van der Waals surface area contributed by atoms with Crippen LogP contribution >= 0.6 is 0 Å². The van der Waals surface area contributed by atoms with Gasteiger partial charge in [-0.05, 0) is 44.7 Å². The highest BCUT2D eigenvalue weighted by Crippen LogP contribution is 2.32. The summed E-state index contributed by atoms with van der Waals surface area (Å²) in [6, 6.07) is 12.4. The monoisotopic (exact) mass is 421 g/mol. The average molecular weight is 421 g/mol. The minimum Gasteiger partial charge on any atom is -0.366 e. The van der Waals surface area contributed by atoms with Crippen molar-refractivity contribution in [2.75, 3.05) is 31.1 Å². The van der Waals surface area contributed by atoms with Crippen molar-refractivity contribution in [1.29, 1.82) is 0 Å². The lowest BCUT2D eigenvalue weighted by Gasteiger charge is -2.31. The Morgan fingerprint density at radius 3 is 2.16 bits per heavy atom. The maximum absolute atomic E-state index is 13.0. The van der Waals surface area contributed by atoms with Gasteiger partial charge in [-0.3, -0.25) is 19.7 Å². The molecule has 2 saturated heterocycles. The highest BCUT2D eigenvalue weighted by molar-refractivity contribution is 5.99. The second-order valence-corrected chi connectivity index (χ2v) is 8.45. The van der Waals surface area contributed by atoms with E-state index in [9.17, 15) is 19.7 Å². The standard InChI is InChI=1S/C24H27N3O4/c1-17-4-6-18(7-5-17)23(28)19-10-14-26(15-11-19)24(29)20-8-9-21(22(16-20)27(30)31)25-12-2-3-13-25/h4-9,16,19H,2-3,10-15H2,1H3. The maximum Gasteiger partial charge on any atom is 0.293 e. The molecule has 162 valence electrons. The summed E-state index contributed by atoms with van der Waals surface area (Å²) in [6.45, 7) is 4.54. The zero-order valence-electron chi connectivity index (χ0n) is 17.8. The van der Waals surface area contributed by atoms with E-state index < -0.39 is 4.92 Å². The van der Waals surface area contributed by atoms with Crippen LogP contribution in [0.15, 0.2) is 42.5 Å². The van der Waals surface area contributed by atoms with E-state index in [0.29, 0.717) is 42.7 Å². The Hall–Kier alpha value is -3.22. The Balaban J connectivity index is 1.43. The van der Waals surface area contributed by atoms with E-state index in [1.165, 1.54) is 6.07 Å². The van der Waals surface area contributed by atoms with E-state index in [2.05, 4.69) is 0 Å². The Bertz CT molecular complexity index is 988. The van der Waals surface area contributed by atoms with Gasteiger partial charge >= 0.3 is 0 Å². The number of rotatable bonds is 5. The number of aryl methyl sites for hydroxylation is 1. The van der Waals surface area contributed by atoms with Crippen molar-refractivity contribution < 1.29 is 14.5 Å². The highest BCUT2D eigenvalue weighted by Gasteiger charge is 2.30.